The van der Waals surface area contributed by atoms with E-state index in [0.717, 1.165) is 0 Å². The van der Waals surface area contributed by atoms with Gasteiger partial charge in [0.1, 0.15) is 17.4 Å². The van der Waals surface area contributed by atoms with E-state index in [1.54, 1.807) is 18.2 Å². The van der Waals surface area contributed by atoms with Crippen molar-refractivity contribution in [2.75, 3.05) is 5.32 Å². The molecule has 0 aliphatic rings. The van der Waals surface area contributed by atoms with Crippen LogP contribution in [0.15, 0.2) is 52.5 Å². The van der Waals surface area contributed by atoms with Crippen LogP contribution in [0.2, 0.25) is 0 Å². The number of carboxylic acid groups (broad SMARTS) is 1. The van der Waals surface area contributed by atoms with Crippen molar-refractivity contribution in [1.82, 2.24) is 0 Å². The number of nitrogens with one attached hydrogen (secondary N) is 1. The van der Waals surface area contributed by atoms with Gasteiger partial charge >= 0.3 is 5.97 Å². The lowest BCUT2D eigenvalue weighted by Gasteiger charge is -2.05. The van der Waals surface area contributed by atoms with Crippen LogP contribution in [0.1, 0.15) is 15.9 Å². The van der Waals surface area contributed by atoms with E-state index in [4.69, 9.17) is 10.4 Å². The summed E-state index contributed by atoms with van der Waals surface area (Å²) in [7, 11) is 0. The third-order valence-electron chi connectivity index (χ3n) is 3.02. The highest BCUT2D eigenvalue weighted by Crippen LogP contribution is 2.25. The zero-order valence-corrected chi connectivity index (χ0v) is 13.7. The number of phenols is 1. The number of carboxylic acids is 1. The van der Waals surface area contributed by atoms with Crippen LogP contribution in [0.25, 0.3) is 6.08 Å². The number of phenolic OH excluding ortho intramolecular Hbond substituents is 1. The highest BCUT2D eigenvalue weighted by Gasteiger charge is 2.11. The fourth-order valence-corrected chi connectivity index (χ4v) is 2.25. The molecule has 7 heteroatoms. The summed E-state index contributed by atoms with van der Waals surface area (Å²) >= 11 is 3.15. The first-order valence-corrected chi connectivity index (χ1v) is 7.45. The summed E-state index contributed by atoms with van der Waals surface area (Å²) in [6, 6.07) is 12.0. The molecule has 6 nitrogen and oxygen atoms in total. The van der Waals surface area contributed by atoms with Crippen molar-refractivity contribution in [2.24, 2.45) is 0 Å². The predicted octanol–water partition coefficient (Wildman–Crippen LogP) is 3.40. The summed E-state index contributed by atoms with van der Waals surface area (Å²) in [5, 5.41) is 30.0. The number of benzene rings is 2. The molecule has 3 N–H and O–H groups in total. The molecule has 0 heterocycles. The van der Waals surface area contributed by atoms with Crippen LogP contribution in [0, 0.1) is 11.3 Å². The average molecular weight is 387 g/mol. The number of carbonyl (C=O) groups is 2. The molecule has 0 aromatic heterocycles. The van der Waals surface area contributed by atoms with Gasteiger partial charge in [0, 0.05) is 5.69 Å². The molecule has 2 rings (SSSR count). The van der Waals surface area contributed by atoms with Gasteiger partial charge in [0.15, 0.2) is 0 Å². The first kappa shape index (κ1) is 17.2. The van der Waals surface area contributed by atoms with Crippen molar-refractivity contribution in [3.05, 3.63) is 63.6 Å². The van der Waals surface area contributed by atoms with E-state index < -0.39 is 11.9 Å². The standard InChI is InChI=1S/C17H11BrN2O4/c18-14-7-10(4-5-15(14)21)6-12(9-19)16(22)20-13-3-1-2-11(8-13)17(23)24/h1-8,21H,(H,20,22)(H,23,24)/b12-6-. The zero-order chi connectivity index (χ0) is 17.7. The minimum Gasteiger partial charge on any atom is -0.507 e. The van der Waals surface area contributed by atoms with Crippen LogP contribution < -0.4 is 5.32 Å². The Morgan fingerprint density at radius 2 is 1.96 bits per heavy atom. The molecule has 0 saturated carbocycles. The Labute approximate surface area is 145 Å². The molecular weight excluding hydrogens is 376 g/mol. The van der Waals surface area contributed by atoms with Gasteiger partial charge in [0.2, 0.25) is 0 Å². The van der Waals surface area contributed by atoms with E-state index in [1.165, 1.54) is 36.4 Å². The van der Waals surface area contributed by atoms with Crippen molar-refractivity contribution in [2.45, 2.75) is 0 Å². The van der Waals surface area contributed by atoms with Crippen LogP contribution >= 0.6 is 15.9 Å². The topological polar surface area (TPSA) is 110 Å². The Morgan fingerprint density at radius 3 is 2.58 bits per heavy atom. The smallest absolute Gasteiger partial charge is 0.335 e. The van der Waals surface area contributed by atoms with Gasteiger partial charge in [-0.1, -0.05) is 12.1 Å². The summed E-state index contributed by atoms with van der Waals surface area (Å²) < 4.78 is 0.433. The average Bonchev–Trinajstić information content (AvgIpc) is 2.55. The maximum Gasteiger partial charge on any atom is 0.335 e. The minimum atomic E-state index is -1.11. The normalized spacial score (nSPS) is 10.8. The highest BCUT2D eigenvalue weighted by atomic mass is 79.9. The quantitative estimate of drug-likeness (QED) is 0.550. The summed E-state index contributed by atoms with van der Waals surface area (Å²) in [6.07, 6.45) is 1.36. The molecule has 0 aliphatic carbocycles. The maximum absolute atomic E-state index is 12.2. The molecule has 0 aliphatic heterocycles. The lowest BCUT2D eigenvalue weighted by molar-refractivity contribution is -0.112. The lowest BCUT2D eigenvalue weighted by atomic mass is 10.1. The Kier molecular flexibility index (Phi) is 5.35. The molecule has 0 saturated heterocycles. The van der Waals surface area contributed by atoms with Crippen molar-refractivity contribution >= 4 is 39.6 Å². The number of nitrogens with zero attached hydrogens (tertiary/aromatic N) is 1. The Balaban J connectivity index is 2.24. The largest absolute Gasteiger partial charge is 0.507 e. The van der Waals surface area contributed by atoms with Gasteiger partial charge in [0.05, 0.1) is 10.0 Å². The Morgan fingerprint density at radius 1 is 1.21 bits per heavy atom. The van der Waals surface area contributed by atoms with Crippen LogP contribution in [-0.2, 0) is 4.79 Å². The molecule has 120 valence electrons. The van der Waals surface area contributed by atoms with E-state index in [0.29, 0.717) is 10.0 Å². The number of halogens is 1. The molecule has 0 atom stereocenters. The SMILES string of the molecule is N#C/C(=C/c1ccc(O)c(Br)c1)C(=O)Nc1cccc(C(=O)O)c1. The van der Waals surface area contributed by atoms with Crippen molar-refractivity contribution in [3.63, 3.8) is 0 Å². The Bertz CT molecular complexity index is 884. The third-order valence-corrected chi connectivity index (χ3v) is 3.65. The van der Waals surface area contributed by atoms with Crippen LogP contribution in [0.5, 0.6) is 5.75 Å². The lowest BCUT2D eigenvalue weighted by Crippen LogP contribution is -2.13. The molecule has 0 fully saturated rings. The number of rotatable bonds is 4. The van der Waals surface area contributed by atoms with E-state index in [9.17, 15) is 14.7 Å². The second-order valence-electron chi connectivity index (χ2n) is 4.72. The zero-order valence-electron chi connectivity index (χ0n) is 12.2. The van der Waals surface area contributed by atoms with E-state index in [2.05, 4.69) is 21.2 Å². The second kappa shape index (κ2) is 7.44. The molecule has 0 spiro atoms. The number of aromatic carboxylic acids is 1. The van der Waals surface area contributed by atoms with E-state index in [-0.39, 0.29) is 22.6 Å². The highest BCUT2D eigenvalue weighted by molar-refractivity contribution is 9.10. The Hall–Kier alpha value is -3.11. The number of carbonyl (C=O) groups excluding carboxylic acids is 1. The number of hydrogen-bond donors (Lipinski definition) is 3. The summed E-state index contributed by atoms with van der Waals surface area (Å²) in [6.45, 7) is 0. The monoisotopic (exact) mass is 386 g/mol. The first-order chi connectivity index (χ1) is 11.4. The van der Waals surface area contributed by atoms with Gasteiger partial charge in [0.25, 0.3) is 5.91 Å². The molecule has 2 aromatic rings. The summed E-state index contributed by atoms with van der Waals surface area (Å²) in [5.41, 5.74) is 0.685. The van der Waals surface area contributed by atoms with Gasteiger partial charge < -0.3 is 15.5 Å². The van der Waals surface area contributed by atoms with Crippen LogP contribution in [-0.4, -0.2) is 22.1 Å². The van der Waals surface area contributed by atoms with Crippen molar-refractivity contribution in [3.8, 4) is 11.8 Å². The first-order valence-electron chi connectivity index (χ1n) is 6.65. The molecule has 0 unspecified atom stereocenters. The van der Waals surface area contributed by atoms with Crippen LogP contribution in [0.4, 0.5) is 5.69 Å². The molecule has 1 amide bonds. The molecule has 2 aromatic carbocycles. The van der Waals surface area contributed by atoms with Gasteiger partial charge in [-0.25, -0.2) is 4.79 Å². The predicted molar refractivity (Wildman–Crippen MR) is 91.4 cm³/mol. The summed E-state index contributed by atoms with van der Waals surface area (Å²) in [5.74, 6) is -1.74. The van der Waals surface area contributed by atoms with Crippen LogP contribution in [0.3, 0.4) is 0 Å². The van der Waals surface area contributed by atoms with E-state index in [1.807, 2.05) is 0 Å². The number of anilines is 1. The fourth-order valence-electron chi connectivity index (χ4n) is 1.86. The van der Waals surface area contributed by atoms with Gasteiger partial charge in [-0.05, 0) is 57.9 Å². The van der Waals surface area contributed by atoms with Gasteiger partial charge in [-0.2, -0.15) is 5.26 Å². The molecule has 0 radical (unpaired) electrons. The second-order valence-corrected chi connectivity index (χ2v) is 5.58. The minimum absolute atomic E-state index is 0.0257. The molecular formula is C17H11BrN2O4. The molecule has 24 heavy (non-hydrogen) atoms. The third kappa shape index (κ3) is 4.21. The number of hydrogen-bond acceptors (Lipinski definition) is 4. The number of nitriles is 1. The van der Waals surface area contributed by atoms with Crippen molar-refractivity contribution in [1.29, 1.82) is 5.26 Å². The van der Waals surface area contributed by atoms with Crippen molar-refractivity contribution < 1.29 is 19.8 Å². The maximum atomic E-state index is 12.2. The fraction of sp³-hybridized carbons (Fsp3) is 0. The van der Waals surface area contributed by atoms with Gasteiger partial charge in [-0.15, -0.1) is 0 Å². The van der Waals surface area contributed by atoms with E-state index >= 15 is 0 Å². The number of amides is 1. The van der Waals surface area contributed by atoms with Gasteiger partial charge in [-0.3, -0.25) is 4.79 Å². The summed E-state index contributed by atoms with van der Waals surface area (Å²) in [4.78, 5) is 23.1. The molecule has 0 bridgehead atoms. The number of aromatic hydroxyl groups is 1.